The molecular weight excluding hydrogens is 320 g/mol. The molecule has 0 spiro atoms. The van der Waals surface area contributed by atoms with Crippen LogP contribution in [0.4, 0.5) is 0 Å². The molecule has 3 heterocycles. The molecule has 6 nitrogen and oxygen atoms in total. The summed E-state index contributed by atoms with van der Waals surface area (Å²) < 4.78 is 12.2. The van der Waals surface area contributed by atoms with Crippen molar-refractivity contribution in [2.75, 3.05) is 0 Å². The Morgan fingerprint density at radius 3 is 2.88 bits per heavy atom. The molecule has 0 unspecified atom stereocenters. The number of hydrogen-bond acceptors (Lipinski definition) is 5. The highest BCUT2D eigenvalue weighted by Crippen LogP contribution is 2.19. The summed E-state index contributed by atoms with van der Waals surface area (Å²) in [6.45, 7) is 1.80. The fourth-order valence-corrected chi connectivity index (χ4v) is 2.63. The number of benzene rings is 1. The first-order chi connectivity index (χ1) is 12.1. The smallest absolute Gasteiger partial charge is 0.374 e. The maximum atomic E-state index is 12.2. The number of rotatable bonds is 3. The standard InChI is InChI=1S/C19H14N2O4/c1-12-6-7-17-20-14(9-18(22)21(17)10-12)11-24-19(23)16-8-13-4-2-3-5-15(13)25-16/h2-10H,11H2,1H3. The van der Waals surface area contributed by atoms with Crippen LogP contribution in [-0.2, 0) is 11.3 Å². The summed E-state index contributed by atoms with van der Waals surface area (Å²) in [6.07, 6.45) is 1.72. The quantitative estimate of drug-likeness (QED) is 0.538. The van der Waals surface area contributed by atoms with E-state index in [0.29, 0.717) is 16.9 Å². The average Bonchev–Trinajstić information content (AvgIpc) is 3.04. The number of carbonyl (C=O) groups is 1. The zero-order chi connectivity index (χ0) is 17.4. The highest BCUT2D eigenvalue weighted by Gasteiger charge is 2.14. The van der Waals surface area contributed by atoms with E-state index in [1.165, 1.54) is 10.5 Å². The second-order valence-electron chi connectivity index (χ2n) is 5.74. The zero-order valence-electron chi connectivity index (χ0n) is 13.4. The molecule has 0 radical (unpaired) electrons. The third-order valence-corrected chi connectivity index (χ3v) is 3.84. The van der Waals surface area contributed by atoms with Crippen LogP contribution in [0.5, 0.6) is 0 Å². The van der Waals surface area contributed by atoms with E-state index in [1.54, 1.807) is 24.4 Å². The second kappa shape index (κ2) is 5.90. The van der Waals surface area contributed by atoms with Gasteiger partial charge in [0.15, 0.2) is 0 Å². The third-order valence-electron chi connectivity index (χ3n) is 3.84. The molecule has 25 heavy (non-hydrogen) atoms. The summed E-state index contributed by atoms with van der Waals surface area (Å²) >= 11 is 0. The molecule has 4 aromatic rings. The lowest BCUT2D eigenvalue weighted by atomic mass is 10.2. The highest BCUT2D eigenvalue weighted by atomic mass is 16.5. The van der Waals surface area contributed by atoms with Crippen LogP contribution in [0.3, 0.4) is 0 Å². The second-order valence-corrected chi connectivity index (χ2v) is 5.74. The molecular formula is C19H14N2O4. The Morgan fingerprint density at radius 1 is 1.20 bits per heavy atom. The predicted octanol–water partition coefficient (Wildman–Crippen LogP) is 3.11. The average molecular weight is 334 g/mol. The summed E-state index contributed by atoms with van der Waals surface area (Å²) in [6, 6.07) is 13.9. The maximum Gasteiger partial charge on any atom is 0.374 e. The van der Waals surface area contributed by atoms with E-state index < -0.39 is 5.97 Å². The van der Waals surface area contributed by atoms with Crippen LogP contribution >= 0.6 is 0 Å². The van der Waals surface area contributed by atoms with Gasteiger partial charge in [0.25, 0.3) is 5.56 Å². The number of aromatic nitrogens is 2. The summed E-state index contributed by atoms with van der Waals surface area (Å²) in [5, 5.41) is 0.826. The number of pyridine rings is 1. The van der Waals surface area contributed by atoms with E-state index in [-0.39, 0.29) is 17.9 Å². The monoisotopic (exact) mass is 334 g/mol. The molecule has 4 rings (SSSR count). The largest absolute Gasteiger partial charge is 0.453 e. The number of ether oxygens (including phenoxy) is 1. The minimum atomic E-state index is -0.595. The van der Waals surface area contributed by atoms with Crippen molar-refractivity contribution in [3.05, 3.63) is 82.1 Å². The number of carbonyl (C=O) groups excluding carboxylic acids is 1. The van der Waals surface area contributed by atoms with Crippen LogP contribution in [0.25, 0.3) is 16.6 Å². The van der Waals surface area contributed by atoms with Crippen molar-refractivity contribution in [1.82, 2.24) is 9.38 Å². The number of hydrogen-bond donors (Lipinski definition) is 0. The maximum absolute atomic E-state index is 12.2. The molecule has 0 saturated heterocycles. The van der Waals surface area contributed by atoms with Gasteiger partial charge in [0, 0.05) is 17.6 Å². The van der Waals surface area contributed by atoms with Gasteiger partial charge in [0.2, 0.25) is 5.76 Å². The normalized spacial score (nSPS) is 11.1. The van der Waals surface area contributed by atoms with E-state index in [2.05, 4.69) is 4.98 Å². The Hall–Kier alpha value is -3.41. The lowest BCUT2D eigenvalue weighted by Gasteiger charge is -2.05. The molecule has 0 bridgehead atoms. The lowest BCUT2D eigenvalue weighted by molar-refractivity contribution is 0.0434. The van der Waals surface area contributed by atoms with Crippen LogP contribution in [0.1, 0.15) is 21.8 Å². The van der Waals surface area contributed by atoms with Crippen LogP contribution < -0.4 is 5.56 Å². The summed E-state index contributed by atoms with van der Waals surface area (Å²) in [5.41, 5.74) is 2.25. The molecule has 124 valence electrons. The van der Waals surface area contributed by atoms with E-state index in [9.17, 15) is 9.59 Å². The topological polar surface area (TPSA) is 73.8 Å². The lowest BCUT2D eigenvalue weighted by Crippen LogP contribution is -2.16. The molecule has 0 aliphatic rings. The highest BCUT2D eigenvalue weighted by molar-refractivity contribution is 5.92. The van der Waals surface area contributed by atoms with Gasteiger partial charge in [-0.25, -0.2) is 9.78 Å². The first-order valence-electron chi connectivity index (χ1n) is 7.75. The molecule has 0 fully saturated rings. The summed E-state index contributed by atoms with van der Waals surface area (Å²) in [5.74, 6) is -0.476. The third kappa shape index (κ3) is 2.89. The van der Waals surface area contributed by atoms with Crippen molar-refractivity contribution in [2.45, 2.75) is 13.5 Å². The van der Waals surface area contributed by atoms with Crippen LogP contribution in [0.15, 0.2) is 63.9 Å². The number of furan rings is 1. The Kier molecular flexibility index (Phi) is 3.57. The zero-order valence-corrected chi connectivity index (χ0v) is 13.4. The number of nitrogens with zero attached hydrogens (tertiary/aromatic N) is 2. The Morgan fingerprint density at radius 2 is 2.04 bits per heavy atom. The van der Waals surface area contributed by atoms with E-state index >= 15 is 0 Å². The molecule has 6 heteroatoms. The molecule has 0 saturated carbocycles. The Bertz CT molecular complexity index is 1120. The van der Waals surface area contributed by atoms with Gasteiger partial charge >= 0.3 is 5.97 Å². The first kappa shape index (κ1) is 15.1. The van der Waals surface area contributed by atoms with Crippen LogP contribution in [-0.4, -0.2) is 15.4 Å². The fourth-order valence-electron chi connectivity index (χ4n) is 2.63. The molecule has 3 aromatic heterocycles. The molecule has 0 aliphatic heterocycles. The van der Waals surface area contributed by atoms with Crippen molar-refractivity contribution in [3.63, 3.8) is 0 Å². The van der Waals surface area contributed by atoms with Gasteiger partial charge in [-0.15, -0.1) is 0 Å². The minimum Gasteiger partial charge on any atom is -0.453 e. The number of fused-ring (bicyclic) bond motifs is 2. The van der Waals surface area contributed by atoms with Crippen molar-refractivity contribution >= 4 is 22.6 Å². The van der Waals surface area contributed by atoms with E-state index in [1.807, 2.05) is 31.2 Å². The van der Waals surface area contributed by atoms with E-state index in [4.69, 9.17) is 9.15 Å². The molecule has 1 aromatic carbocycles. The van der Waals surface area contributed by atoms with Crippen LogP contribution in [0, 0.1) is 6.92 Å². The first-order valence-corrected chi connectivity index (χ1v) is 7.75. The summed E-state index contributed by atoms with van der Waals surface area (Å²) in [4.78, 5) is 28.6. The van der Waals surface area contributed by atoms with Gasteiger partial charge in [0.1, 0.15) is 17.8 Å². The van der Waals surface area contributed by atoms with Crippen molar-refractivity contribution in [3.8, 4) is 0 Å². The predicted molar refractivity (Wildman–Crippen MR) is 91.5 cm³/mol. The molecule has 0 aliphatic carbocycles. The molecule has 0 atom stereocenters. The Labute approximate surface area is 142 Å². The number of para-hydroxylation sites is 1. The van der Waals surface area contributed by atoms with Crippen molar-refractivity contribution in [2.24, 2.45) is 0 Å². The molecule has 0 N–H and O–H groups in total. The van der Waals surface area contributed by atoms with Crippen molar-refractivity contribution < 1.29 is 13.9 Å². The number of esters is 1. The Balaban J connectivity index is 1.56. The van der Waals surface area contributed by atoms with Gasteiger partial charge in [-0.05, 0) is 30.7 Å². The van der Waals surface area contributed by atoms with Gasteiger partial charge in [0.05, 0.1) is 5.69 Å². The summed E-state index contributed by atoms with van der Waals surface area (Å²) in [7, 11) is 0. The minimum absolute atomic E-state index is 0.102. The molecule has 0 amide bonds. The van der Waals surface area contributed by atoms with Gasteiger partial charge < -0.3 is 9.15 Å². The fraction of sp³-hybridized carbons (Fsp3) is 0.105. The van der Waals surface area contributed by atoms with Gasteiger partial charge in [-0.2, -0.15) is 0 Å². The van der Waals surface area contributed by atoms with Gasteiger partial charge in [-0.1, -0.05) is 24.3 Å². The SMILES string of the molecule is Cc1ccc2nc(COC(=O)c3cc4ccccc4o3)cc(=O)n2c1. The van der Waals surface area contributed by atoms with E-state index in [0.717, 1.165) is 10.9 Å². The van der Waals surface area contributed by atoms with Gasteiger partial charge in [-0.3, -0.25) is 9.20 Å². The van der Waals surface area contributed by atoms with Crippen molar-refractivity contribution in [1.29, 1.82) is 0 Å². The number of aryl methyl sites for hydroxylation is 1. The van der Waals surface area contributed by atoms with Crippen LogP contribution in [0.2, 0.25) is 0 Å².